The summed E-state index contributed by atoms with van der Waals surface area (Å²) < 4.78 is 5.38. The molecule has 0 spiro atoms. The maximum atomic E-state index is 10.5. The number of primary amides is 1. The topological polar surface area (TPSA) is 55.6 Å². The Morgan fingerprint density at radius 1 is 1.50 bits per heavy atom. The standard InChI is InChI=1S/C10H14N2O2/c11-10(13)4-3-8-1-2-9-7-14-6-5-12(8)9/h8-9H,1-2,5-7H2,(H2,11,13). The van der Waals surface area contributed by atoms with Crippen LogP contribution < -0.4 is 5.73 Å². The van der Waals surface area contributed by atoms with Crippen LogP contribution in [0, 0.1) is 11.8 Å². The molecule has 2 fully saturated rings. The Bertz CT molecular complexity index is 292. The molecule has 4 nitrogen and oxygen atoms in total. The van der Waals surface area contributed by atoms with Gasteiger partial charge >= 0.3 is 0 Å². The minimum Gasteiger partial charge on any atom is -0.378 e. The Balaban J connectivity index is 2.01. The normalized spacial score (nSPS) is 31.7. The molecular formula is C10H14N2O2. The van der Waals surface area contributed by atoms with Crippen molar-refractivity contribution in [2.45, 2.75) is 24.9 Å². The average molecular weight is 194 g/mol. The fourth-order valence-electron chi connectivity index (χ4n) is 2.15. The number of ether oxygens (including phenoxy) is 1. The molecule has 0 radical (unpaired) electrons. The minimum absolute atomic E-state index is 0.205. The summed E-state index contributed by atoms with van der Waals surface area (Å²) in [6, 6.07) is 0.701. The Kier molecular flexibility index (Phi) is 2.71. The molecule has 2 saturated heterocycles. The van der Waals surface area contributed by atoms with Crippen molar-refractivity contribution in [3.05, 3.63) is 0 Å². The fraction of sp³-hybridized carbons (Fsp3) is 0.700. The van der Waals surface area contributed by atoms with Gasteiger partial charge in [-0.25, -0.2) is 0 Å². The van der Waals surface area contributed by atoms with Crippen LogP contribution in [-0.2, 0) is 9.53 Å². The first kappa shape index (κ1) is 9.50. The predicted molar refractivity (Wildman–Crippen MR) is 51.3 cm³/mol. The summed E-state index contributed by atoms with van der Waals surface area (Å²) in [5, 5.41) is 0. The third-order valence-corrected chi connectivity index (χ3v) is 2.81. The van der Waals surface area contributed by atoms with Crippen molar-refractivity contribution in [3.8, 4) is 11.8 Å². The van der Waals surface area contributed by atoms with E-state index in [4.69, 9.17) is 10.5 Å². The summed E-state index contributed by atoms with van der Waals surface area (Å²) in [5.74, 6) is 4.81. The predicted octanol–water partition coefficient (Wildman–Crippen LogP) is -0.662. The van der Waals surface area contributed by atoms with E-state index in [9.17, 15) is 4.79 Å². The summed E-state index contributed by atoms with van der Waals surface area (Å²) in [5.41, 5.74) is 4.98. The van der Waals surface area contributed by atoms with Crippen molar-refractivity contribution >= 4 is 5.91 Å². The van der Waals surface area contributed by atoms with Gasteiger partial charge in [0.05, 0.1) is 19.3 Å². The molecule has 0 aromatic carbocycles. The monoisotopic (exact) mass is 194 g/mol. The fourth-order valence-corrected chi connectivity index (χ4v) is 2.15. The highest BCUT2D eigenvalue weighted by Gasteiger charge is 2.34. The second-order valence-corrected chi connectivity index (χ2v) is 3.69. The average Bonchev–Trinajstić information content (AvgIpc) is 2.58. The van der Waals surface area contributed by atoms with Gasteiger partial charge in [0, 0.05) is 12.6 Å². The van der Waals surface area contributed by atoms with Gasteiger partial charge in [-0.3, -0.25) is 9.69 Å². The van der Waals surface area contributed by atoms with E-state index in [0.29, 0.717) is 6.04 Å². The molecule has 2 heterocycles. The van der Waals surface area contributed by atoms with E-state index < -0.39 is 5.91 Å². The van der Waals surface area contributed by atoms with Crippen LogP contribution in [0.1, 0.15) is 12.8 Å². The van der Waals surface area contributed by atoms with Gasteiger partial charge in [-0.05, 0) is 18.8 Å². The zero-order valence-corrected chi connectivity index (χ0v) is 8.03. The van der Waals surface area contributed by atoms with Crippen LogP contribution in [-0.4, -0.2) is 42.6 Å². The van der Waals surface area contributed by atoms with Gasteiger partial charge < -0.3 is 10.5 Å². The molecule has 1 amide bonds. The van der Waals surface area contributed by atoms with Crippen molar-refractivity contribution in [2.75, 3.05) is 19.8 Å². The number of nitrogens with zero attached hydrogens (tertiary/aromatic N) is 1. The molecule has 2 rings (SSSR count). The van der Waals surface area contributed by atoms with E-state index in [1.165, 1.54) is 0 Å². The van der Waals surface area contributed by atoms with Crippen molar-refractivity contribution in [1.29, 1.82) is 0 Å². The molecule has 2 aliphatic heterocycles. The van der Waals surface area contributed by atoms with Crippen molar-refractivity contribution < 1.29 is 9.53 Å². The lowest BCUT2D eigenvalue weighted by Gasteiger charge is -2.31. The highest BCUT2D eigenvalue weighted by molar-refractivity contribution is 5.92. The molecule has 2 aliphatic rings. The summed E-state index contributed by atoms with van der Waals surface area (Å²) >= 11 is 0. The third-order valence-electron chi connectivity index (χ3n) is 2.81. The Hall–Kier alpha value is -1.05. The van der Waals surface area contributed by atoms with Crippen LogP contribution in [0.25, 0.3) is 0 Å². The molecule has 0 aromatic heterocycles. The van der Waals surface area contributed by atoms with Crippen LogP contribution in [0.4, 0.5) is 0 Å². The maximum absolute atomic E-state index is 10.5. The van der Waals surface area contributed by atoms with Gasteiger partial charge in [0.1, 0.15) is 0 Å². The minimum atomic E-state index is -0.540. The number of nitrogens with two attached hydrogens (primary N) is 1. The maximum Gasteiger partial charge on any atom is 0.293 e. The zero-order valence-electron chi connectivity index (χ0n) is 8.03. The molecule has 76 valence electrons. The molecule has 0 aliphatic carbocycles. The summed E-state index contributed by atoms with van der Waals surface area (Å²) in [6.07, 6.45) is 2.13. The number of amides is 1. The van der Waals surface area contributed by atoms with Gasteiger partial charge in [-0.1, -0.05) is 5.92 Å². The zero-order chi connectivity index (χ0) is 9.97. The Labute approximate surface area is 83.4 Å². The largest absolute Gasteiger partial charge is 0.378 e. The SMILES string of the molecule is NC(=O)C#CC1CCC2COCCN12. The van der Waals surface area contributed by atoms with Gasteiger partial charge in [-0.2, -0.15) is 0 Å². The molecule has 4 heteroatoms. The number of hydrogen-bond donors (Lipinski definition) is 1. The lowest BCUT2D eigenvalue weighted by Crippen LogP contribution is -2.44. The van der Waals surface area contributed by atoms with E-state index in [2.05, 4.69) is 16.7 Å². The summed E-state index contributed by atoms with van der Waals surface area (Å²) in [6.45, 7) is 2.49. The molecule has 0 aromatic rings. The summed E-state index contributed by atoms with van der Waals surface area (Å²) in [4.78, 5) is 12.8. The van der Waals surface area contributed by atoms with E-state index >= 15 is 0 Å². The number of carbonyl (C=O) groups excluding carboxylic acids is 1. The number of fused-ring (bicyclic) bond motifs is 1. The second-order valence-electron chi connectivity index (χ2n) is 3.69. The molecule has 0 bridgehead atoms. The smallest absolute Gasteiger partial charge is 0.293 e. The molecule has 2 N–H and O–H groups in total. The van der Waals surface area contributed by atoms with Crippen molar-refractivity contribution in [3.63, 3.8) is 0 Å². The number of hydrogen-bond acceptors (Lipinski definition) is 3. The van der Waals surface area contributed by atoms with E-state index in [1.807, 2.05) is 0 Å². The second kappa shape index (κ2) is 3.99. The van der Waals surface area contributed by atoms with Crippen molar-refractivity contribution in [2.24, 2.45) is 5.73 Å². The van der Waals surface area contributed by atoms with Gasteiger partial charge in [0.2, 0.25) is 0 Å². The molecule has 2 unspecified atom stereocenters. The lowest BCUT2D eigenvalue weighted by molar-refractivity contribution is -0.112. The Morgan fingerprint density at radius 2 is 2.36 bits per heavy atom. The quantitative estimate of drug-likeness (QED) is 0.521. The lowest BCUT2D eigenvalue weighted by atomic mass is 10.2. The van der Waals surface area contributed by atoms with Crippen LogP contribution in [0.2, 0.25) is 0 Å². The molecule has 14 heavy (non-hydrogen) atoms. The number of morpholine rings is 1. The van der Waals surface area contributed by atoms with Crippen LogP contribution in [0.15, 0.2) is 0 Å². The Morgan fingerprint density at radius 3 is 3.14 bits per heavy atom. The van der Waals surface area contributed by atoms with Crippen LogP contribution >= 0.6 is 0 Å². The first-order valence-corrected chi connectivity index (χ1v) is 4.92. The van der Waals surface area contributed by atoms with E-state index in [-0.39, 0.29) is 6.04 Å². The number of rotatable bonds is 0. The number of carbonyl (C=O) groups is 1. The van der Waals surface area contributed by atoms with Gasteiger partial charge in [-0.15, -0.1) is 0 Å². The van der Waals surface area contributed by atoms with Crippen LogP contribution in [0.3, 0.4) is 0 Å². The molecular weight excluding hydrogens is 180 g/mol. The molecule has 2 atom stereocenters. The highest BCUT2D eigenvalue weighted by Crippen LogP contribution is 2.25. The molecule has 0 saturated carbocycles. The van der Waals surface area contributed by atoms with E-state index in [1.54, 1.807) is 0 Å². The van der Waals surface area contributed by atoms with E-state index in [0.717, 1.165) is 32.6 Å². The van der Waals surface area contributed by atoms with Crippen LogP contribution in [0.5, 0.6) is 0 Å². The first-order valence-electron chi connectivity index (χ1n) is 4.92. The van der Waals surface area contributed by atoms with Gasteiger partial charge in [0.25, 0.3) is 5.91 Å². The van der Waals surface area contributed by atoms with Crippen molar-refractivity contribution in [1.82, 2.24) is 4.90 Å². The summed E-state index contributed by atoms with van der Waals surface area (Å²) in [7, 11) is 0. The first-order chi connectivity index (χ1) is 6.77. The third kappa shape index (κ3) is 1.89. The van der Waals surface area contributed by atoms with Gasteiger partial charge in [0.15, 0.2) is 0 Å². The highest BCUT2D eigenvalue weighted by atomic mass is 16.5.